The molecule has 1 atom stereocenters. The minimum atomic E-state index is 0.346. The van der Waals surface area contributed by atoms with Crippen LogP contribution < -0.4 is 0 Å². The van der Waals surface area contributed by atoms with Gasteiger partial charge in [-0.3, -0.25) is 0 Å². The second-order valence-corrected chi connectivity index (χ2v) is 4.45. The number of halogens is 1. The van der Waals surface area contributed by atoms with E-state index in [1.165, 1.54) is 20.4 Å². The molecule has 1 aliphatic carbocycles. The van der Waals surface area contributed by atoms with Gasteiger partial charge in [0.2, 0.25) is 0 Å². The summed E-state index contributed by atoms with van der Waals surface area (Å²) in [5.74, 6) is 0. The Balaban J connectivity index is 2.57. The zero-order valence-corrected chi connectivity index (χ0v) is 10.4. The summed E-state index contributed by atoms with van der Waals surface area (Å²) < 4.78 is 5.49. The van der Waals surface area contributed by atoms with Crippen molar-refractivity contribution < 1.29 is 4.18 Å². The lowest BCUT2D eigenvalue weighted by atomic mass is 9.88. The van der Waals surface area contributed by atoms with Gasteiger partial charge >= 0.3 is 0 Å². The lowest BCUT2D eigenvalue weighted by molar-refractivity contribution is 0.225. The summed E-state index contributed by atoms with van der Waals surface area (Å²) in [6.07, 6.45) is 7.31. The first-order chi connectivity index (χ1) is 6.27. The van der Waals surface area contributed by atoms with Crippen LogP contribution in [0.4, 0.5) is 0 Å². The largest absolute Gasteiger partial charge is 0.302 e. The summed E-state index contributed by atoms with van der Waals surface area (Å²) in [5, 5.41) is 0. The molecule has 3 heteroatoms. The molecule has 0 radical (unpaired) electrons. The van der Waals surface area contributed by atoms with E-state index in [0.717, 1.165) is 19.3 Å². The van der Waals surface area contributed by atoms with E-state index in [0.29, 0.717) is 6.10 Å². The third-order valence-corrected chi connectivity index (χ3v) is 3.13. The number of hydrogen-bond donors (Lipinski definition) is 0. The molecule has 1 nitrogen and oxygen atoms in total. The minimum Gasteiger partial charge on any atom is -0.302 e. The molecule has 1 unspecified atom stereocenters. The molecule has 0 N–H and O–H groups in total. The number of rotatable bonds is 3. The third-order valence-electron chi connectivity index (χ3n) is 2.16. The van der Waals surface area contributed by atoms with Crippen molar-refractivity contribution in [2.75, 3.05) is 0 Å². The van der Waals surface area contributed by atoms with Crippen LogP contribution in [0, 0.1) is 0 Å². The van der Waals surface area contributed by atoms with E-state index in [1.807, 2.05) is 12.2 Å². The molecule has 0 spiro atoms. The predicted octanol–water partition coefficient (Wildman–Crippen LogP) is 4.22. The molecule has 1 rings (SSSR count). The molecule has 1 fully saturated rings. The van der Waals surface area contributed by atoms with Crippen LogP contribution in [-0.4, -0.2) is 6.10 Å². The lowest BCUT2D eigenvalue weighted by Gasteiger charge is -2.24. The van der Waals surface area contributed by atoms with Gasteiger partial charge in [-0.05, 0) is 18.4 Å². The fourth-order valence-electron chi connectivity index (χ4n) is 1.45. The second kappa shape index (κ2) is 5.88. The van der Waals surface area contributed by atoms with Crippen molar-refractivity contribution in [3.05, 3.63) is 36.5 Å². The molecule has 0 amide bonds. The Morgan fingerprint density at radius 2 is 2.38 bits per heavy atom. The summed E-state index contributed by atoms with van der Waals surface area (Å²) in [5.41, 5.74) is 2.52. The normalized spacial score (nSPS) is 26.4. The maximum atomic E-state index is 5.49. The van der Waals surface area contributed by atoms with E-state index in [4.69, 9.17) is 4.18 Å². The topological polar surface area (TPSA) is 9.23 Å². The van der Waals surface area contributed by atoms with Gasteiger partial charge in [-0.2, -0.15) is 0 Å². The highest BCUT2D eigenvalue weighted by Crippen LogP contribution is 2.32. The first-order valence-corrected chi connectivity index (χ1v) is 7.50. The third kappa shape index (κ3) is 3.48. The standard InChI is InChI=1S/C10H13IOS/c1-3-4-9-7-10(12-13-11)6-5-8(9)2/h3-4,10H,1-2,5-7H2/b9-4-. The fraction of sp³-hybridized carbons (Fsp3) is 0.400. The fourth-order valence-corrected chi connectivity index (χ4v) is 2.60. The summed E-state index contributed by atoms with van der Waals surface area (Å²) >= 11 is 2.16. The summed E-state index contributed by atoms with van der Waals surface area (Å²) in [6, 6.07) is 0. The molecular formula is C10H13IOS. The first-order valence-electron chi connectivity index (χ1n) is 4.21. The number of allylic oxidation sites excluding steroid dienone is 3. The van der Waals surface area contributed by atoms with Gasteiger partial charge in [0.25, 0.3) is 0 Å². The quantitative estimate of drug-likeness (QED) is 0.570. The van der Waals surface area contributed by atoms with Crippen LogP contribution in [0.3, 0.4) is 0 Å². The van der Waals surface area contributed by atoms with Crippen LogP contribution in [0.2, 0.25) is 0 Å². The Morgan fingerprint density at radius 1 is 1.62 bits per heavy atom. The van der Waals surface area contributed by atoms with Gasteiger partial charge < -0.3 is 4.18 Å². The van der Waals surface area contributed by atoms with Crippen molar-refractivity contribution in [3.63, 3.8) is 0 Å². The van der Waals surface area contributed by atoms with Gasteiger partial charge in [0.05, 0.1) is 15.3 Å². The van der Waals surface area contributed by atoms with Crippen LogP contribution in [0.5, 0.6) is 0 Å². The lowest BCUT2D eigenvalue weighted by Crippen LogP contribution is -2.16. The monoisotopic (exact) mass is 308 g/mol. The molecule has 0 saturated heterocycles. The molecule has 0 heterocycles. The molecular weight excluding hydrogens is 295 g/mol. The van der Waals surface area contributed by atoms with Gasteiger partial charge in [-0.15, -0.1) is 0 Å². The Kier molecular flexibility index (Phi) is 5.13. The molecule has 0 aliphatic heterocycles. The number of hydrogen-bond acceptors (Lipinski definition) is 2. The molecule has 1 saturated carbocycles. The highest BCUT2D eigenvalue weighted by Gasteiger charge is 2.19. The maximum Gasteiger partial charge on any atom is 0.0775 e. The zero-order valence-electron chi connectivity index (χ0n) is 7.46. The van der Waals surface area contributed by atoms with Gasteiger partial charge in [0.1, 0.15) is 0 Å². The summed E-state index contributed by atoms with van der Waals surface area (Å²) in [4.78, 5) is 0. The average molecular weight is 308 g/mol. The molecule has 0 aromatic rings. The van der Waals surface area contributed by atoms with Crippen LogP contribution in [0.1, 0.15) is 19.3 Å². The smallest absolute Gasteiger partial charge is 0.0775 e. The minimum absolute atomic E-state index is 0.346. The van der Waals surface area contributed by atoms with Crippen molar-refractivity contribution in [2.24, 2.45) is 0 Å². The maximum absolute atomic E-state index is 5.49. The summed E-state index contributed by atoms with van der Waals surface area (Å²) in [7, 11) is 1.42. The second-order valence-electron chi connectivity index (χ2n) is 3.06. The summed E-state index contributed by atoms with van der Waals surface area (Å²) in [6.45, 7) is 7.72. The Hall–Kier alpha value is 0.260. The SMILES string of the molecule is C=C/C=C1/CC(OSI)CCC1=C. The van der Waals surface area contributed by atoms with E-state index >= 15 is 0 Å². The zero-order chi connectivity index (χ0) is 9.68. The van der Waals surface area contributed by atoms with E-state index in [9.17, 15) is 0 Å². The van der Waals surface area contributed by atoms with Crippen LogP contribution in [0.25, 0.3) is 0 Å². The van der Waals surface area contributed by atoms with Crippen molar-refractivity contribution in [1.29, 1.82) is 0 Å². The first kappa shape index (κ1) is 11.3. The van der Waals surface area contributed by atoms with Crippen LogP contribution in [0.15, 0.2) is 36.5 Å². The predicted molar refractivity (Wildman–Crippen MR) is 67.8 cm³/mol. The Bertz CT molecular complexity index is 235. The Morgan fingerprint density at radius 3 is 3.00 bits per heavy atom. The van der Waals surface area contributed by atoms with Crippen molar-refractivity contribution in [1.82, 2.24) is 0 Å². The van der Waals surface area contributed by atoms with E-state index in [-0.39, 0.29) is 0 Å². The van der Waals surface area contributed by atoms with Crippen molar-refractivity contribution in [2.45, 2.75) is 25.4 Å². The van der Waals surface area contributed by atoms with Gasteiger partial charge in [-0.25, -0.2) is 0 Å². The van der Waals surface area contributed by atoms with E-state index in [1.54, 1.807) is 0 Å². The van der Waals surface area contributed by atoms with E-state index in [2.05, 4.69) is 34.4 Å². The van der Waals surface area contributed by atoms with Gasteiger partial charge in [-0.1, -0.05) is 30.9 Å². The van der Waals surface area contributed by atoms with Crippen molar-refractivity contribution >= 4 is 30.4 Å². The van der Waals surface area contributed by atoms with Gasteiger partial charge in [0.15, 0.2) is 0 Å². The van der Waals surface area contributed by atoms with Crippen LogP contribution in [-0.2, 0) is 4.18 Å². The molecule has 0 bridgehead atoms. The Labute approximate surface area is 96.1 Å². The molecule has 0 aromatic heterocycles. The van der Waals surface area contributed by atoms with Crippen LogP contribution >= 0.6 is 30.4 Å². The average Bonchev–Trinajstić information content (AvgIpc) is 2.12. The highest BCUT2D eigenvalue weighted by molar-refractivity contribution is 14.2. The highest BCUT2D eigenvalue weighted by atomic mass is 127. The molecule has 13 heavy (non-hydrogen) atoms. The molecule has 1 aliphatic rings. The van der Waals surface area contributed by atoms with Crippen molar-refractivity contribution in [3.8, 4) is 0 Å². The molecule has 0 aromatic carbocycles. The van der Waals surface area contributed by atoms with Gasteiger partial charge in [0, 0.05) is 27.6 Å². The van der Waals surface area contributed by atoms with E-state index < -0.39 is 0 Å². The molecule has 72 valence electrons.